The molecule has 2 rings (SSSR count). The van der Waals surface area contributed by atoms with Crippen molar-refractivity contribution < 1.29 is 19.1 Å². The molecule has 0 saturated carbocycles. The van der Waals surface area contributed by atoms with Gasteiger partial charge in [-0.3, -0.25) is 9.63 Å². The van der Waals surface area contributed by atoms with E-state index in [0.717, 1.165) is 11.3 Å². The molecule has 0 bridgehead atoms. The third kappa shape index (κ3) is 5.16. The molecule has 5 heteroatoms. The number of nitrogens with one attached hydrogen (secondary N) is 1. The summed E-state index contributed by atoms with van der Waals surface area (Å²) in [5.41, 5.74) is 3.32. The van der Waals surface area contributed by atoms with E-state index in [0.29, 0.717) is 12.4 Å². The topological polar surface area (TPSA) is 56.8 Å². The van der Waals surface area contributed by atoms with Crippen molar-refractivity contribution in [1.29, 1.82) is 0 Å². The second kappa shape index (κ2) is 7.91. The largest absolute Gasteiger partial charge is 0.497 e. The number of ether oxygens (including phenoxy) is 2. The predicted molar refractivity (Wildman–Crippen MR) is 77.9 cm³/mol. The lowest BCUT2D eigenvalue weighted by molar-refractivity contribution is -0.136. The lowest BCUT2D eigenvalue weighted by Gasteiger charge is -2.08. The van der Waals surface area contributed by atoms with Crippen LogP contribution in [0.15, 0.2) is 54.6 Å². The van der Waals surface area contributed by atoms with Crippen LogP contribution in [0.5, 0.6) is 11.5 Å². The molecule has 1 N–H and O–H groups in total. The van der Waals surface area contributed by atoms with Gasteiger partial charge in [0.25, 0.3) is 5.91 Å². The summed E-state index contributed by atoms with van der Waals surface area (Å²) in [7, 11) is 1.59. The predicted octanol–water partition coefficient (Wildman–Crippen LogP) is 2.32. The molecule has 0 saturated heterocycles. The smallest absolute Gasteiger partial charge is 0.281 e. The normalized spacial score (nSPS) is 9.95. The number of amides is 1. The maximum Gasteiger partial charge on any atom is 0.281 e. The van der Waals surface area contributed by atoms with Crippen LogP contribution in [0.4, 0.5) is 0 Å². The summed E-state index contributed by atoms with van der Waals surface area (Å²) < 4.78 is 10.4. The Kier molecular flexibility index (Phi) is 5.60. The Morgan fingerprint density at radius 2 is 1.67 bits per heavy atom. The summed E-state index contributed by atoms with van der Waals surface area (Å²) >= 11 is 0. The first-order valence-electron chi connectivity index (χ1n) is 6.49. The number of hydrogen-bond donors (Lipinski definition) is 1. The van der Waals surface area contributed by atoms with Crippen LogP contribution >= 0.6 is 0 Å². The molecule has 110 valence electrons. The van der Waals surface area contributed by atoms with Gasteiger partial charge in [0.1, 0.15) is 11.5 Å². The highest BCUT2D eigenvalue weighted by Gasteiger charge is 2.03. The molecule has 2 aromatic carbocycles. The molecule has 2 aromatic rings. The van der Waals surface area contributed by atoms with Gasteiger partial charge in [-0.1, -0.05) is 30.3 Å². The Morgan fingerprint density at radius 1 is 1.00 bits per heavy atom. The van der Waals surface area contributed by atoms with Crippen LogP contribution in [0.3, 0.4) is 0 Å². The summed E-state index contributed by atoms with van der Waals surface area (Å²) in [5.74, 6) is 0.980. The van der Waals surface area contributed by atoms with E-state index in [-0.39, 0.29) is 12.5 Å². The SMILES string of the molecule is COc1ccc(OCC(=O)NOCc2ccccc2)cc1. The summed E-state index contributed by atoms with van der Waals surface area (Å²) in [6.07, 6.45) is 0. The van der Waals surface area contributed by atoms with E-state index in [1.165, 1.54) is 0 Å². The average molecular weight is 287 g/mol. The van der Waals surface area contributed by atoms with Gasteiger partial charge < -0.3 is 9.47 Å². The Bertz CT molecular complexity index is 554. The van der Waals surface area contributed by atoms with E-state index in [2.05, 4.69) is 5.48 Å². The fraction of sp³-hybridized carbons (Fsp3) is 0.188. The van der Waals surface area contributed by atoms with Gasteiger partial charge in [-0.25, -0.2) is 5.48 Å². The summed E-state index contributed by atoms with van der Waals surface area (Å²) in [5, 5.41) is 0. The Balaban J connectivity index is 1.67. The van der Waals surface area contributed by atoms with Crippen molar-refractivity contribution in [3.63, 3.8) is 0 Å². The molecule has 1 amide bonds. The quantitative estimate of drug-likeness (QED) is 0.794. The van der Waals surface area contributed by atoms with Crippen molar-refractivity contribution in [2.24, 2.45) is 0 Å². The van der Waals surface area contributed by atoms with Crippen LogP contribution in [0, 0.1) is 0 Å². The van der Waals surface area contributed by atoms with Crippen molar-refractivity contribution in [3.05, 3.63) is 60.2 Å². The van der Waals surface area contributed by atoms with E-state index in [1.54, 1.807) is 31.4 Å². The van der Waals surface area contributed by atoms with Crippen LogP contribution in [-0.2, 0) is 16.2 Å². The van der Waals surface area contributed by atoms with Gasteiger partial charge in [0.15, 0.2) is 6.61 Å². The van der Waals surface area contributed by atoms with Gasteiger partial charge >= 0.3 is 0 Å². The van der Waals surface area contributed by atoms with Crippen molar-refractivity contribution in [2.75, 3.05) is 13.7 Å². The van der Waals surface area contributed by atoms with Crippen LogP contribution in [-0.4, -0.2) is 19.6 Å². The second-order valence-corrected chi connectivity index (χ2v) is 4.26. The fourth-order valence-corrected chi connectivity index (χ4v) is 1.62. The van der Waals surface area contributed by atoms with E-state index in [1.807, 2.05) is 30.3 Å². The van der Waals surface area contributed by atoms with Crippen molar-refractivity contribution in [2.45, 2.75) is 6.61 Å². The monoisotopic (exact) mass is 287 g/mol. The van der Waals surface area contributed by atoms with Gasteiger partial charge in [-0.05, 0) is 29.8 Å². The lowest BCUT2D eigenvalue weighted by Crippen LogP contribution is -2.28. The molecule has 0 spiro atoms. The molecule has 0 aliphatic heterocycles. The van der Waals surface area contributed by atoms with Gasteiger partial charge in [0.05, 0.1) is 13.7 Å². The molecule has 0 heterocycles. The molecule has 0 fully saturated rings. The minimum Gasteiger partial charge on any atom is -0.497 e. The number of hydroxylamine groups is 1. The number of carbonyl (C=O) groups excluding carboxylic acids is 1. The molecule has 0 radical (unpaired) electrons. The average Bonchev–Trinajstić information content (AvgIpc) is 2.54. The number of carbonyl (C=O) groups is 1. The Labute approximate surface area is 123 Å². The zero-order chi connectivity index (χ0) is 14.9. The third-order valence-corrected chi connectivity index (χ3v) is 2.70. The summed E-state index contributed by atoms with van der Waals surface area (Å²) in [6, 6.07) is 16.6. The fourth-order valence-electron chi connectivity index (χ4n) is 1.62. The highest BCUT2D eigenvalue weighted by atomic mass is 16.7. The molecule has 0 aromatic heterocycles. The molecular formula is C16H17NO4. The lowest BCUT2D eigenvalue weighted by atomic mass is 10.2. The van der Waals surface area contributed by atoms with E-state index in [9.17, 15) is 4.79 Å². The molecule has 0 atom stereocenters. The van der Waals surface area contributed by atoms with Crippen LogP contribution in [0.25, 0.3) is 0 Å². The molecular weight excluding hydrogens is 270 g/mol. The number of rotatable bonds is 7. The Morgan fingerprint density at radius 3 is 2.33 bits per heavy atom. The van der Waals surface area contributed by atoms with Crippen molar-refractivity contribution >= 4 is 5.91 Å². The molecule has 21 heavy (non-hydrogen) atoms. The van der Waals surface area contributed by atoms with Gasteiger partial charge in [0.2, 0.25) is 0 Å². The zero-order valence-corrected chi connectivity index (χ0v) is 11.7. The number of benzene rings is 2. The zero-order valence-electron chi connectivity index (χ0n) is 11.7. The maximum atomic E-state index is 11.5. The molecule has 0 aliphatic rings. The maximum absolute atomic E-state index is 11.5. The third-order valence-electron chi connectivity index (χ3n) is 2.70. The highest BCUT2D eigenvalue weighted by Crippen LogP contribution is 2.16. The van der Waals surface area contributed by atoms with Crippen molar-refractivity contribution in [3.8, 4) is 11.5 Å². The van der Waals surface area contributed by atoms with Gasteiger partial charge in [0, 0.05) is 0 Å². The van der Waals surface area contributed by atoms with E-state index >= 15 is 0 Å². The first-order chi connectivity index (χ1) is 10.3. The van der Waals surface area contributed by atoms with Gasteiger partial charge in [-0.2, -0.15) is 0 Å². The van der Waals surface area contributed by atoms with Gasteiger partial charge in [-0.15, -0.1) is 0 Å². The number of methoxy groups -OCH3 is 1. The Hall–Kier alpha value is -2.53. The van der Waals surface area contributed by atoms with Crippen LogP contribution in [0.1, 0.15) is 5.56 Å². The first-order valence-corrected chi connectivity index (χ1v) is 6.49. The second-order valence-electron chi connectivity index (χ2n) is 4.26. The van der Waals surface area contributed by atoms with Crippen LogP contribution < -0.4 is 15.0 Å². The highest BCUT2D eigenvalue weighted by molar-refractivity contribution is 5.76. The minimum atomic E-state index is -0.346. The molecule has 5 nitrogen and oxygen atoms in total. The summed E-state index contributed by atoms with van der Waals surface area (Å²) in [6.45, 7) is 0.205. The summed E-state index contributed by atoms with van der Waals surface area (Å²) in [4.78, 5) is 16.7. The first kappa shape index (κ1) is 14.9. The molecule has 0 unspecified atom stereocenters. The van der Waals surface area contributed by atoms with E-state index < -0.39 is 0 Å². The minimum absolute atomic E-state index is 0.110. The van der Waals surface area contributed by atoms with Crippen molar-refractivity contribution in [1.82, 2.24) is 5.48 Å². The number of hydrogen-bond acceptors (Lipinski definition) is 4. The van der Waals surface area contributed by atoms with E-state index in [4.69, 9.17) is 14.3 Å². The van der Waals surface area contributed by atoms with Crippen LogP contribution in [0.2, 0.25) is 0 Å². The molecule has 0 aliphatic carbocycles. The standard InChI is InChI=1S/C16H17NO4/c1-19-14-7-9-15(10-8-14)20-12-16(18)17-21-11-13-5-3-2-4-6-13/h2-10H,11-12H2,1H3,(H,17,18).